The van der Waals surface area contributed by atoms with Gasteiger partial charge in [0.25, 0.3) is 0 Å². The molecule has 2 heterocycles. The maximum absolute atomic E-state index is 12.7. The topological polar surface area (TPSA) is 26.3 Å². The number of para-hydroxylation sites is 1. The molecule has 0 N–H and O–H groups in total. The Morgan fingerprint density at radius 1 is 1.42 bits per heavy atom. The molecule has 0 fully saturated rings. The third kappa shape index (κ3) is 2.17. The van der Waals surface area contributed by atoms with E-state index in [0.29, 0.717) is 22.9 Å². The van der Waals surface area contributed by atoms with Gasteiger partial charge in [-0.05, 0) is 30.4 Å². The lowest BCUT2D eigenvalue weighted by atomic mass is 9.88. The van der Waals surface area contributed by atoms with Crippen molar-refractivity contribution in [2.45, 2.75) is 19.3 Å². The van der Waals surface area contributed by atoms with Gasteiger partial charge in [0.2, 0.25) is 0 Å². The van der Waals surface area contributed by atoms with Crippen LogP contribution >= 0.6 is 22.9 Å². The molecule has 1 aromatic heterocycles. The second kappa shape index (κ2) is 4.99. The number of ketones is 1. The Kier molecular flexibility index (Phi) is 3.33. The maximum Gasteiger partial charge on any atom is 0.182 e. The molecule has 0 amide bonds. The van der Waals surface area contributed by atoms with Crippen LogP contribution in [0.1, 0.15) is 33.1 Å². The van der Waals surface area contributed by atoms with Crippen molar-refractivity contribution in [1.82, 2.24) is 0 Å². The molecule has 1 unspecified atom stereocenters. The summed E-state index contributed by atoms with van der Waals surface area (Å²) < 4.78 is 5.59. The van der Waals surface area contributed by atoms with Gasteiger partial charge < -0.3 is 4.74 Å². The summed E-state index contributed by atoms with van der Waals surface area (Å²) in [6, 6.07) is 7.74. The molecule has 3 rings (SSSR count). The molecule has 2 aromatic rings. The van der Waals surface area contributed by atoms with Crippen LogP contribution in [0, 0.1) is 6.92 Å². The zero-order chi connectivity index (χ0) is 13.4. The first-order chi connectivity index (χ1) is 9.18. The van der Waals surface area contributed by atoms with Gasteiger partial charge in [-0.25, -0.2) is 0 Å². The summed E-state index contributed by atoms with van der Waals surface area (Å²) in [4.78, 5) is 13.3. The molecule has 98 valence electrons. The van der Waals surface area contributed by atoms with E-state index < -0.39 is 0 Å². The highest BCUT2D eigenvalue weighted by Crippen LogP contribution is 2.38. The number of aryl methyl sites for hydroxylation is 1. The van der Waals surface area contributed by atoms with Crippen molar-refractivity contribution in [2.24, 2.45) is 0 Å². The van der Waals surface area contributed by atoms with Gasteiger partial charge in [-0.2, -0.15) is 0 Å². The highest BCUT2D eigenvalue weighted by atomic mass is 35.5. The number of Topliss-reactive ketones (excluding diaryl/α,β-unsaturated/α-hetero) is 1. The van der Waals surface area contributed by atoms with Gasteiger partial charge in [0, 0.05) is 5.56 Å². The average molecular weight is 293 g/mol. The minimum atomic E-state index is -0.138. The Morgan fingerprint density at radius 2 is 2.21 bits per heavy atom. The second-order valence-corrected chi connectivity index (χ2v) is 5.91. The summed E-state index contributed by atoms with van der Waals surface area (Å²) in [5, 5.41) is 2.53. The number of benzene rings is 1. The molecule has 19 heavy (non-hydrogen) atoms. The predicted molar refractivity (Wildman–Crippen MR) is 77.7 cm³/mol. The highest BCUT2D eigenvalue weighted by molar-refractivity contribution is 7.13. The molecule has 1 aromatic carbocycles. The van der Waals surface area contributed by atoms with Gasteiger partial charge >= 0.3 is 0 Å². The first kappa shape index (κ1) is 12.7. The average Bonchev–Trinajstić information content (AvgIpc) is 2.78. The lowest BCUT2D eigenvalue weighted by Gasteiger charge is -2.24. The third-order valence-corrected chi connectivity index (χ3v) is 5.11. The summed E-state index contributed by atoms with van der Waals surface area (Å²) in [5.74, 6) is 0.788. The van der Waals surface area contributed by atoms with Crippen LogP contribution in [0.5, 0.6) is 5.75 Å². The number of halogens is 1. The summed E-state index contributed by atoms with van der Waals surface area (Å²) in [5.41, 5.74) is 1.94. The molecule has 0 aliphatic carbocycles. The molecule has 2 nitrogen and oxygen atoms in total. The number of hydrogen-bond donors (Lipinski definition) is 0. The number of ether oxygens (including phenoxy) is 1. The van der Waals surface area contributed by atoms with Crippen molar-refractivity contribution in [1.29, 1.82) is 0 Å². The Morgan fingerprint density at radius 3 is 2.95 bits per heavy atom. The summed E-state index contributed by atoms with van der Waals surface area (Å²) in [6.07, 6.45) is 0.711. The van der Waals surface area contributed by atoms with Crippen LogP contribution in [0.15, 0.2) is 29.6 Å². The lowest BCUT2D eigenvalue weighted by Crippen LogP contribution is -2.21. The Bertz CT molecular complexity index is 633. The highest BCUT2D eigenvalue weighted by Gasteiger charge is 2.30. The van der Waals surface area contributed by atoms with Crippen LogP contribution in [0.4, 0.5) is 0 Å². The van der Waals surface area contributed by atoms with Gasteiger partial charge in [0.1, 0.15) is 5.75 Å². The minimum absolute atomic E-state index is 0.110. The maximum atomic E-state index is 12.7. The number of carbonyl (C=O) groups excluding carboxylic acids is 1. The van der Waals surface area contributed by atoms with Gasteiger partial charge in [0.05, 0.1) is 22.4 Å². The molecule has 1 atom stereocenters. The zero-order valence-corrected chi connectivity index (χ0v) is 12.1. The van der Waals surface area contributed by atoms with E-state index >= 15 is 0 Å². The van der Waals surface area contributed by atoms with E-state index in [-0.39, 0.29) is 11.7 Å². The van der Waals surface area contributed by atoms with E-state index in [2.05, 4.69) is 0 Å². The van der Waals surface area contributed by atoms with E-state index in [9.17, 15) is 4.79 Å². The molecular formula is C15H13ClO2S. The molecule has 1 aliphatic rings. The summed E-state index contributed by atoms with van der Waals surface area (Å²) in [6.45, 7) is 2.50. The molecule has 0 radical (unpaired) electrons. The number of fused-ring (bicyclic) bond motifs is 1. The van der Waals surface area contributed by atoms with Crippen molar-refractivity contribution in [3.63, 3.8) is 0 Å². The van der Waals surface area contributed by atoms with E-state index in [0.717, 1.165) is 16.9 Å². The molecule has 0 bridgehead atoms. The predicted octanol–water partition coefficient (Wildman–Crippen LogP) is 4.46. The molecule has 0 saturated heterocycles. The fourth-order valence-electron chi connectivity index (χ4n) is 2.37. The Hall–Kier alpha value is -1.32. The molecule has 0 saturated carbocycles. The SMILES string of the molecule is Cc1csc(C(=O)C2CCOc3ccccc32)c1Cl. The van der Waals surface area contributed by atoms with Gasteiger partial charge in [-0.1, -0.05) is 29.8 Å². The van der Waals surface area contributed by atoms with Crippen molar-refractivity contribution >= 4 is 28.7 Å². The fourth-order valence-corrected chi connectivity index (χ4v) is 3.65. The van der Waals surface area contributed by atoms with Crippen molar-refractivity contribution in [3.8, 4) is 5.75 Å². The first-order valence-corrected chi connectivity index (χ1v) is 7.43. The second-order valence-electron chi connectivity index (χ2n) is 4.65. The van der Waals surface area contributed by atoms with E-state index in [4.69, 9.17) is 16.3 Å². The summed E-state index contributed by atoms with van der Waals surface area (Å²) >= 11 is 7.64. The van der Waals surface area contributed by atoms with E-state index in [1.807, 2.05) is 36.6 Å². The smallest absolute Gasteiger partial charge is 0.182 e. The monoisotopic (exact) mass is 292 g/mol. The van der Waals surface area contributed by atoms with Crippen LogP contribution in [0.2, 0.25) is 5.02 Å². The Balaban J connectivity index is 2.00. The van der Waals surface area contributed by atoms with Gasteiger partial charge in [0.15, 0.2) is 5.78 Å². The molecule has 1 aliphatic heterocycles. The van der Waals surface area contributed by atoms with Crippen LogP contribution in [-0.2, 0) is 0 Å². The van der Waals surface area contributed by atoms with Crippen LogP contribution in [0.25, 0.3) is 0 Å². The van der Waals surface area contributed by atoms with Crippen LogP contribution in [-0.4, -0.2) is 12.4 Å². The Labute approximate surface area is 121 Å². The number of rotatable bonds is 2. The van der Waals surface area contributed by atoms with E-state index in [1.165, 1.54) is 11.3 Å². The first-order valence-electron chi connectivity index (χ1n) is 6.18. The third-order valence-electron chi connectivity index (χ3n) is 3.40. The van der Waals surface area contributed by atoms with Gasteiger partial charge in [-0.3, -0.25) is 4.79 Å². The van der Waals surface area contributed by atoms with Crippen molar-refractivity contribution in [2.75, 3.05) is 6.61 Å². The summed E-state index contributed by atoms with van der Waals surface area (Å²) in [7, 11) is 0. The molecule has 4 heteroatoms. The van der Waals surface area contributed by atoms with Crippen molar-refractivity contribution < 1.29 is 9.53 Å². The zero-order valence-electron chi connectivity index (χ0n) is 10.5. The van der Waals surface area contributed by atoms with E-state index in [1.54, 1.807) is 0 Å². The molecule has 0 spiro atoms. The normalized spacial score (nSPS) is 17.7. The van der Waals surface area contributed by atoms with Crippen LogP contribution < -0.4 is 4.74 Å². The number of thiophene rings is 1. The molecular weight excluding hydrogens is 280 g/mol. The van der Waals surface area contributed by atoms with Gasteiger partial charge in [-0.15, -0.1) is 11.3 Å². The van der Waals surface area contributed by atoms with Crippen LogP contribution in [0.3, 0.4) is 0 Å². The largest absolute Gasteiger partial charge is 0.493 e. The quantitative estimate of drug-likeness (QED) is 0.764. The lowest BCUT2D eigenvalue weighted by molar-refractivity contribution is 0.0937. The standard InChI is InChI=1S/C15H13ClO2S/c1-9-8-19-15(13(9)16)14(17)11-6-7-18-12-5-3-2-4-10(11)12/h2-5,8,11H,6-7H2,1H3. The fraction of sp³-hybridized carbons (Fsp3) is 0.267. The minimum Gasteiger partial charge on any atom is -0.493 e. The number of hydrogen-bond acceptors (Lipinski definition) is 3. The van der Waals surface area contributed by atoms with Crippen molar-refractivity contribution in [3.05, 3.63) is 50.7 Å². The number of carbonyl (C=O) groups is 1.